The van der Waals surface area contributed by atoms with Crippen LogP contribution in [-0.4, -0.2) is 70.1 Å². The number of aromatic nitrogens is 2. The molecule has 1 N–H and O–H groups in total. The van der Waals surface area contributed by atoms with Gasteiger partial charge in [0.25, 0.3) is 18.2 Å². The Labute approximate surface area is 247 Å². The number of halogens is 2. The van der Waals surface area contributed by atoms with Crippen LogP contribution in [0.15, 0.2) is 42.0 Å². The SMILES string of the molecule is CC(C)C=C(C#N)C(=O)N1CCCC1Cn1c(NC(=O)c2ccc(C(F)F)s2)nc2ccc(CN3CCOCC3)cc21. The summed E-state index contributed by atoms with van der Waals surface area (Å²) in [6, 6.07) is 10.5. The molecular formula is C30H34F2N6O3S. The molecule has 9 nitrogen and oxygen atoms in total. The molecule has 12 heteroatoms. The lowest BCUT2D eigenvalue weighted by Gasteiger charge is -2.27. The van der Waals surface area contributed by atoms with Crippen LogP contribution in [0.2, 0.25) is 0 Å². The molecule has 0 bridgehead atoms. The van der Waals surface area contributed by atoms with Crippen molar-refractivity contribution in [2.75, 3.05) is 38.2 Å². The number of carbonyl (C=O) groups excluding carboxylic acids is 2. The highest BCUT2D eigenvalue weighted by Gasteiger charge is 2.32. The van der Waals surface area contributed by atoms with Crippen LogP contribution in [0, 0.1) is 17.2 Å². The minimum atomic E-state index is -2.65. The van der Waals surface area contributed by atoms with Gasteiger partial charge in [-0.25, -0.2) is 13.8 Å². The lowest BCUT2D eigenvalue weighted by molar-refractivity contribution is -0.127. The van der Waals surface area contributed by atoms with E-state index in [0.29, 0.717) is 31.8 Å². The van der Waals surface area contributed by atoms with E-state index < -0.39 is 12.3 Å². The number of nitrogens with one attached hydrogen (secondary N) is 1. The molecule has 1 atom stereocenters. The number of amides is 2. The van der Waals surface area contributed by atoms with Crippen molar-refractivity contribution in [3.63, 3.8) is 0 Å². The van der Waals surface area contributed by atoms with Crippen molar-refractivity contribution in [1.29, 1.82) is 5.26 Å². The molecule has 1 unspecified atom stereocenters. The fourth-order valence-electron chi connectivity index (χ4n) is 5.47. The standard InChI is InChI=1S/C30H34F2N6O3S/c1-19(2)14-21(16-33)29(40)37-9-3-4-22(37)18-38-24-15-20(17-36-10-12-41-13-11-36)5-6-23(24)34-30(38)35-28(39)26-8-7-25(42-26)27(31)32/h5-8,14-15,19,22,27H,3-4,9-13,17-18H2,1-2H3,(H,34,35,39). The average molecular weight is 597 g/mol. The number of nitrogens with zero attached hydrogens (tertiary/aromatic N) is 5. The van der Waals surface area contributed by atoms with Gasteiger partial charge in [-0.2, -0.15) is 5.26 Å². The predicted octanol–water partition coefficient (Wildman–Crippen LogP) is 5.22. The number of alkyl halides is 2. The quantitative estimate of drug-likeness (QED) is 0.269. The highest BCUT2D eigenvalue weighted by atomic mass is 32.1. The van der Waals surface area contributed by atoms with Gasteiger partial charge in [0.1, 0.15) is 11.6 Å². The van der Waals surface area contributed by atoms with Gasteiger partial charge in [0, 0.05) is 32.7 Å². The van der Waals surface area contributed by atoms with Crippen molar-refractivity contribution in [2.24, 2.45) is 5.92 Å². The number of hydrogen-bond donors (Lipinski definition) is 1. The summed E-state index contributed by atoms with van der Waals surface area (Å²) in [4.78, 5) is 35.2. The largest absolute Gasteiger partial charge is 0.379 e. The summed E-state index contributed by atoms with van der Waals surface area (Å²) in [6.45, 7) is 8.51. The second-order valence-corrected chi connectivity index (χ2v) is 12.1. The third kappa shape index (κ3) is 6.69. The highest BCUT2D eigenvalue weighted by Crippen LogP contribution is 2.30. The van der Waals surface area contributed by atoms with Gasteiger partial charge in [-0.05, 0) is 48.6 Å². The zero-order valence-corrected chi connectivity index (χ0v) is 24.5. The van der Waals surface area contributed by atoms with Crippen molar-refractivity contribution in [3.05, 3.63) is 57.3 Å². The summed E-state index contributed by atoms with van der Waals surface area (Å²) in [5.74, 6) is -0.488. The fourth-order valence-corrected chi connectivity index (χ4v) is 6.23. The van der Waals surface area contributed by atoms with E-state index in [1.165, 1.54) is 12.1 Å². The normalized spacial score (nSPS) is 18.3. The fraction of sp³-hybridized carbons (Fsp3) is 0.467. The Hall–Kier alpha value is -3.66. The molecule has 3 aromatic rings. The maximum Gasteiger partial charge on any atom is 0.272 e. The van der Waals surface area contributed by atoms with Gasteiger partial charge >= 0.3 is 0 Å². The number of carbonyl (C=O) groups is 2. The van der Waals surface area contributed by atoms with Crippen LogP contribution in [0.4, 0.5) is 14.7 Å². The number of nitriles is 1. The smallest absolute Gasteiger partial charge is 0.272 e. The van der Waals surface area contributed by atoms with Gasteiger partial charge in [-0.15, -0.1) is 11.3 Å². The van der Waals surface area contributed by atoms with Crippen LogP contribution in [0.5, 0.6) is 0 Å². The third-order valence-electron chi connectivity index (χ3n) is 7.50. The van der Waals surface area contributed by atoms with E-state index in [1.807, 2.05) is 36.6 Å². The number of morpholine rings is 1. The Bertz CT molecular complexity index is 1520. The van der Waals surface area contributed by atoms with Gasteiger partial charge in [-0.1, -0.05) is 26.0 Å². The van der Waals surface area contributed by atoms with Crippen LogP contribution in [0.1, 0.15) is 53.2 Å². The zero-order chi connectivity index (χ0) is 29.8. The minimum Gasteiger partial charge on any atom is -0.379 e. The van der Waals surface area contributed by atoms with E-state index in [9.17, 15) is 23.6 Å². The number of ether oxygens (including phenoxy) is 1. The summed E-state index contributed by atoms with van der Waals surface area (Å²) in [5, 5.41) is 12.5. The zero-order valence-electron chi connectivity index (χ0n) is 23.7. The van der Waals surface area contributed by atoms with E-state index in [4.69, 9.17) is 9.72 Å². The van der Waals surface area contributed by atoms with Crippen molar-refractivity contribution < 1.29 is 23.1 Å². The molecule has 4 heterocycles. The number of rotatable bonds is 9. The van der Waals surface area contributed by atoms with Crippen molar-refractivity contribution in [3.8, 4) is 6.07 Å². The summed E-state index contributed by atoms with van der Waals surface area (Å²) >= 11 is 0.746. The van der Waals surface area contributed by atoms with E-state index >= 15 is 0 Å². The summed E-state index contributed by atoms with van der Waals surface area (Å²) in [7, 11) is 0. The van der Waals surface area contributed by atoms with Gasteiger partial charge in [0.2, 0.25) is 5.95 Å². The summed E-state index contributed by atoms with van der Waals surface area (Å²) in [6.07, 6.45) is 0.552. The van der Waals surface area contributed by atoms with Gasteiger partial charge in [-0.3, -0.25) is 19.8 Å². The van der Waals surface area contributed by atoms with Crippen molar-refractivity contribution in [1.82, 2.24) is 19.4 Å². The van der Waals surface area contributed by atoms with E-state index in [1.54, 1.807) is 11.0 Å². The topological polar surface area (TPSA) is 103 Å². The van der Waals surface area contributed by atoms with E-state index in [0.717, 1.165) is 54.9 Å². The molecule has 0 saturated carbocycles. The Balaban J connectivity index is 1.47. The van der Waals surface area contributed by atoms with Crippen LogP contribution in [-0.2, 0) is 22.6 Å². The Morgan fingerprint density at radius 2 is 2.00 bits per heavy atom. The van der Waals surface area contributed by atoms with Crippen molar-refractivity contribution in [2.45, 2.75) is 52.2 Å². The molecule has 222 valence electrons. The maximum absolute atomic E-state index is 13.4. The maximum atomic E-state index is 13.4. The number of fused-ring (bicyclic) bond motifs is 1. The van der Waals surface area contributed by atoms with Crippen LogP contribution in [0.25, 0.3) is 11.0 Å². The molecule has 5 rings (SSSR count). The minimum absolute atomic E-state index is 0.0526. The van der Waals surface area contributed by atoms with E-state index in [2.05, 4.69) is 16.3 Å². The number of hydrogen-bond acceptors (Lipinski definition) is 7. The molecule has 2 amide bonds. The van der Waals surface area contributed by atoms with Crippen LogP contribution < -0.4 is 5.32 Å². The number of benzene rings is 1. The first kappa shape index (κ1) is 29.8. The first-order valence-electron chi connectivity index (χ1n) is 14.1. The molecule has 2 aliphatic heterocycles. The number of thiophene rings is 1. The molecule has 0 spiro atoms. The molecule has 2 aromatic heterocycles. The molecule has 42 heavy (non-hydrogen) atoms. The van der Waals surface area contributed by atoms with Crippen molar-refractivity contribution >= 4 is 40.1 Å². The first-order chi connectivity index (χ1) is 20.2. The number of likely N-dealkylation sites (tertiary alicyclic amines) is 1. The van der Waals surface area contributed by atoms with Crippen LogP contribution in [0.3, 0.4) is 0 Å². The Morgan fingerprint density at radius 3 is 2.69 bits per heavy atom. The Morgan fingerprint density at radius 1 is 1.21 bits per heavy atom. The van der Waals surface area contributed by atoms with Crippen LogP contribution >= 0.6 is 11.3 Å². The number of imidazole rings is 1. The molecule has 0 radical (unpaired) electrons. The van der Waals surface area contributed by atoms with E-state index in [-0.39, 0.29) is 39.1 Å². The third-order valence-corrected chi connectivity index (χ3v) is 8.59. The molecule has 1 aromatic carbocycles. The highest BCUT2D eigenvalue weighted by molar-refractivity contribution is 7.14. The Kier molecular flexibility index (Phi) is 9.30. The molecular weight excluding hydrogens is 562 g/mol. The second-order valence-electron chi connectivity index (χ2n) is 10.9. The molecule has 2 aliphatic rings. The lowest BCUT2D eigenvalue weighted by atomic mass is 10.1. The van der Waals surface area contributed by atoms with Gasteiger partial charge in [0.15, 0.2) is 0 Å². The number of allylic oxidation sites excluding steroid dienone is 1. The summed E-state index contributed by atoms with van der Waals surface area (Å²) in [5.41, 5.74) is 2.67. The predicted molar refractivity (Wildman–Crippen MR) is 156 cm³/mol. The molecule has 0 aliphatic carbocycles. The first-order valence-corrected chi connectivity index (χ1v) is 15.0. The molecule has 2 fully saturated rings. The monoisotopic (exact) mass is 596 g/mol. The molecule has 2 saturated heterocycles. The lowest BCUT2D eigenvalue weighted by Crippen LogP contribution is -2.39. The van der Waals surface area contributed by atoms with Gasteiger partial charge < -0.3 is 14.2 Å². The number of anilines is 1. The second kappa shape index (κ2) is 13.1. The van der Waals surface area contributed by atoms with Gasteiger partial charge in [0.05, 0.1) is 40.0 Å². The summed E-state index contributed by atoms with van der Waals surface area (Å²) < 4.78 is 33.7. The average Bonchev–Trinajstić information content (AvgIpc) is 3.72.